The van der Waals surface area contributed by atoms with Crippen molar-refractivity contribution < 1.29 is 0 Å². The zero-order chi connectivity index (χ0) is 7.98. The standard InChI is InChI=1S/C7H16N2S/c1-3-5-6(8)7(4-2)9-10/h7-10H,3-5H2,1-2H3. The van der Waals surface area contributed by atoms with E-state index in [1.165, 1.54) is 0 Å². The van der Waals surface area contributed by atoms with E-state index in [1.807, 2.05) is 0 Å². The highest BCUT2D eigenvalue weighted by molar-refractivity contribution is 7.78. The summed E-state index contributed by atoms with van der Waals surface area (Å²) in [5.41, 5.74) is 0.764. The molecule has 0 rings (SSSR count). The molecule has 0 spiro atoms. The Bertz CT molecular complexity index is 99.8. The zero-order valence-corrected chi connectivity index (χ0v) is 7.54. The van der Waals surface area contributed by atoms with Crippen LogP contribution in [0.1, 0.15) is 33.1 Å². The fourth-order valence-corrected chi connectivity index (χ4v) is 1.20. The molecule has 0 bridgehead atoms. The Balaban J connectivity index is 3.65. The van der Waals surface area contributed by atoms with E-state index < -0.39 is 0 Å². The van der Waals surface area contributed by atoms with Gasteiger partial charge >= 0.3 is 0 Å². The van der Waals surface area contributed by atoms with Crippen LogP contribution in [0, 0.1) is 5.41 Å². The smallest absolute Gasteiger partial charge is 0.0542 e. The monoisotopic (exact) mass is 160 g/mol. The van der Waals surface area contributed by atoms with Crippen LogP contribution in [0.25, 0.3) is 0 Å². The van der Waals surface area contributed by atoms with Gasteiger partial charge in [-0.3, -0.25) is 4.72 Å². The molecule has 0 saturated heterocycles. The van der Waals surface area contributed by atoms with Crippen LogP contribution >= 0.6 is 12.8 Å². The van der Waals surface area contributed by atoms with Gasteiger partial charge in [-0.2, -0.15) is 0 Å². The van der Waals surface area contributed by atoms with Crippen LogP contribution in [0.2, 0.25) is 0 Å². The largest absolute Gasteiger partial charge is 0.308 e. The highest BCUT2D eigenvalue weighted by atomic mass is 32.1. The number of nitrogens with one attached hydrogen (secondary N) is 2. The van der Waals surface area contributed by atoms with Crippen LogP contribution in [0.4, 0.5) is 0 Å². The lowest BCUT2D eigenvalue weighted by Gasteiger charge is -2.13. The molecule has 0 radical (unpaired) electrons. The van der Waals surface area contributed by atoms with Crippen molar-refractivity contribution in [1.82, 2.24) is 4.72 Å². The van der Waals surface area contributed by atoms with Gasteiger partial charge in [0.15, 0.2) is 0 Å². The van der Waals surface area contributed by atoms with E-state index in [-0.39, 0.29) is 6.04 Å². The van der Waals surface area contributed by atoms with Gasteiger partial charge in [-0.25, -0.2) is 0 Å². The van der Waals surface area contributed by atoms with E-state index in [9.17, 15) is 0 Å². The molecule has 0 aromatic rings. The molecule has 1 unspecified atom stereocenters. The summed E-state index contributed by atoms with van der Waals surface area (Å²) < 4.78 is 2.81. The number of rotatable bonds is 5. The molecular weight excluding hydrogens is 144 g/mol. The number of hydrogen-bond donors (Lipinski definition) is 3. The van der Waals surface area contributed by atoms with Gasteiger partial charge in [-0.05, 0) is 12.8 Å². The van der Waals surface area contributed by atoms with Crippen LogP contribution < -0.4 is 4.72 Å². The maximum Gasteiger partial charge on any atom is 0.0542 e. The summed E-state index contributed by atoms with van der Waals surface area (Å²) in [5, 5.41) is 7.53. The second-order valence-corrected chi connectivity index (χ2v) is 2.62. The molecule has 0 amide bonds. The number of hydrogen-bond acceptors (Lipinski definition) is 3. The first-order valence-electron chi connectivity index (χ1n) is 3.73. The van der Waals surface area contributed by atoms with Crippen molar-refractivity contribution in [2.24, 2.45) is 0 Å². The van der Waals surface area contributed by atoms with Crippen molar-refractivity contribution in [3.63, 3.8) is 0 Å². The molecule has 0 aliphatic carbocycles. The zero-order valence-electron chi connectivity index (χ0n) is 6.65. The van der Waals surface area contributed by atoms with Crippen molar-refractivity contribution in [3.8, 4) is 0 Å². The van der Waals surface area contributed by atoms with Crippen molar-refractivity contribution in [2.75, 3.05) is 0 Å². The summed E-state index contributed by atoms with van der Waals surface area (Å²) in [6.07, 6.45) is 2.87. The Morgan fingerprint density at radius 2 is 2.20 bits per heavy atom. The third-order valence-electron chi connectivity index (χ3n) is 1.50. The normalized spacial score (nSPS) is 13.1. The van der Waals surface area contributed by atoms with Gasteiger partial charge in [0, 0.05) is 5.71 Å². The Kier molecular flexibility index (Phi) is 5.73. The van der Waals surface area contributed by atoms with E-state index in [0.29, 0.717) is 0 Å². The van der Waals surface area contributed by atoms with Crippen LogP contribution in [0.3, 0.4) is 0 Å². The average molecular weight is 160 g/mol. The van der Waals surface area contributed by atoms with E-state index in [4.69, 9.17) is 5.41 Å². The molecule has 0 aromatic carbocycles. The minimum absolute atomic E-state index is 0.170. The van der Waals surface area contributed by atoms with E-state index in [2.05, 4.69) is 31.4 Å². The summed E-state index contributed by atoms with van der Waals surface area (Å²) in [4.78, 5) is 0. The van der Waals surface area contributed by atoms with E-state index in [1.54, 1.807) is 0 Å². The predicted molar refractivity (Wildman–Crippen MR) is 48.8 cm³/mol. The minimum atomic E-state index is 0.170. The minimum Gasteiger partial charge on any atom is -0.308 e. The van der Waals surface area contributed by atoms with Gasteiger partial charge in [0.05, 0.1) is 6.04 Å². The molecule has 1 atom stereocenters. The van der Waals surface area contributed by atoms with Crippen molar-refractivity contribution in [2.45, 2.75) is 39.2 Å². The molecule has 0 aliphatic rings. The molecule has 10 heavy (non-hydrogen) atoms. The lowest BCUT2D eigenvalue weighted by atomic mass is 10.1. The molecule has 2 nitrogen and oxygen atoms in total. The Hall–Kier alpha value is -0.0200. The van der Waals surface area contributed by atoms with Gasteiger partial charge in [-0.15, -0.1) is 0 Å². The molecule has 0 heterocycles. The van der Waals surface area contributed by atoms with Crippen LogP contribution in [0.5, 0.6) is 0 Å². The number of thiol groups is 1. The van der Waals surface area contributed by atoms with Crippen LogP contribution in [0.15, 0.2) is 0 Å². The quantitative estimate of drug-likeness (QED) is 0.417. The van der Waals surface area contributed by atoms with Crippen LogP contribution in [-0.2, 0) is 0 Å². The van der Waals surface area contributed by atoms with Gasteiger partial charge in [-0.1, -0.05) is 33.1 Å². The predicted octanol–water partition coefficient (Wildman–Crippen LogP) is 2.02. The summed E-state index contributed by atoms with van der Waals surface area (Å²) in [7, 11) is 0. The molecule has 0 aromatic heterocycles. The van der Waals surface area contributed by atoms with Gasteiger partial charge in [0.1, 0.15) is 0 Å². The fraction of sp³-hybridized carbons (Fsp3) is 0.857. The van der Waals surface area contributed by atoms with Crippen molar-refractivity contribution in [1.29, 1.82) is 5.41 Å². The van der Waals surface area contributed by atoms with Crippen LogP contribution in [-0.4, -0.2) is 11.8 Å². The molecule has 3 heteroatoms. The second kappa shape index (κ2) is 5.74. The fourth-order valence-electron chi connectivity index (χ4n) is 0.859. The van der Waals surface area contributed by atoms with E-state index >= 15 is 0 Å². The highest BCUT2D eigenvalue weighted by Gasteiger charge is 2.07. The molecule has 2 N–H and O–H groups in total. The molecule has 0 fully saturated rings. The summed E-state index contributed by atoms with van der Waals surface area (Å²) in [6, 6.07) is 0.170. The van der Waals surface area contributed by atoms with Crippen molar-refractivity contribution >= 4 is 18.5 Å². The molecule has 60 valence electrons. The highest BCUT2D eigenvalue weighted by Crippen LogP contribution is 2.00. The first-order valence-corrected chi connectivity index (χ1v) is 4.17. The van der Waals surface area contributed by atoms with Gasteiger partial charge in [0.25, 0.3) is 0 Å². The topological polar surface area (TPSA) is 35.9 Å². The average Bonchev–Trinajstić information content (AvgIpc) is 1.91. The third-order valence-corrected chi connectivity index (χ3v) is 1.82. The lowest BCUT2D eigenvalue weighted by molar-refractivity contribution is 0.743. The lowest BCUT2D eigenvalue weighted by Crippen LogP contribution is -2.29. The SMILES string of the molecule is CCCC(=N)C(CC)NS. The summed E-state index contributed by atoms with van der Waals surface area (Å²) in [6.45, 7) is 4.14. The molecule has 0 saturated carbocycles. The first-order chi connectivity index (χ1) is 4.76. The maximum absolute atomic E-state index is 7.53. The Labute approximate surface area is 68.5 Å². The maximum atomic E-state index is 7.53. The summed E-state index contributed by atoms with van der Waals surface area (Å²) >= 11 is 3.94. The van der Waals surface area contributed by atoms with Gasteiger partial charge in [0.2, 0.25) is 0 Å². The second-order valence-electron chi connectivity index (χ2n) is 2.37. The molecular formula is C7H16N2S. The molecule has 0 aliphatic heterocycles. The van der Waals surface area contributed by atoms with Crippen molar-refractivity contribution in [3.05, 3.63) is 0 Å². The van der Waals surface area contributed by atoms with E-state index in [0.717, 1.165) is 25.0 Å². The first kappa shape index (κ1) is 9.98. The Morgan fingerprint density at radius 3 is 2.50 bits per heavy atom. The van der Waals surface area contributed by atoms with Gasteiger partial charge < -0.3 is 5.41 Å². The summed E-state index contributed by atoms with van der Waals surface area (Å²) in [5.74, 6) is 0. The third kappa shape index (κ3) is 3.22. The Morgan fingerprint density at radius 1 is 1.60 bits per heavy atom.